The predicted molar refractivity (Wildman–Crippen MR) is 67.2 cm³/mol. The van der Waals surface area contributed by atoms with Crippen molar-refractivity contribution >= 4 is 8.32 Å². The largest absolute Gasteiger partial charge is 0.413 e. The normalized spacial score (nSPS) is 13.9. The Morgan fingerprint density at radius 2 is 1.71 bits per heavy atom. The topological polar surface area (TPSA) is 9.23 Å². The molecule has 0 N–H and O–H groups in total. The number of allylic oxidation sites excluding steroid dienone is 1. The van der Waals surface area contributed by atoms with Gasteiger partial charge in [0.25, 0.3) is 0 Å². The van der Waals surface area contributed by atoms with Gasteiger partial charge in [-0.15, -0.1) is 0 Å². The third-order valence-electron chi connectivity index (χ3n) is 2.97. The fourth-order valence-electron chi connectivity index (χ4n) is 0.826. The van der Waals surface area contributed by atoms with Gasteiger partial charge < -0.3 is 4.43 Å². The van der Waals surface area contributed by atoms with Crippen molar-refractivity contribution in [1.29, 1.82) is 0 Å². The highest BCUT2D eigenvalue weighted by atomic mass is 28.4. The molecular formula is C12H26OSi. The molecule has 0 aromatic heterocycles. The number of hydrogen-bond acceptors (Lipinski definition) is 1. The van der Waals surface area contributed by atoms with E-state index in [0.29, 0.717) is 5.04 Å². The highest BCUT2D eigenvalue weighted by Gasteiger charge is 2.36. The monoisotopic (exact) mass is 214 g/mol. The van der Waals surface area contributed by atoms with Gasteiger partial charge in [-0.1, -0.05) is 46.3 Å². The molecule has 0 heterocycles. The van der Waals surface area contributed by atoms with Crippen LogP contribution in [0.4, 0.5) is 0 Å². The van der Waals surface area contributed by atoms with Gasteiger partial charge in [0.1, 0.15) is 0 Å². The van der Waals surface area contributed by atoms with Crippen LogP contribution in [0.15, 0.2) is 12.2 Å². The molecule has 84 valence electrons. The summed E-state index contributed by atoms with van der Waals surface area (Å²) in [6, 6.07) is 0. The number of hydrogen-bond donors (Lipinski definition) is 0. The molecule has 0 unspecified atom stereocenters. The lowest BCUT2D eigenvalue weighted by molar-refractivity contribution is 0.327. The van der Waals surface area contributed by atoms with Crippen LogP contribution in [0.5, 0.6) is 0 Å². The third kappa shape index (κ3) is 4.96. The molecule has 2 heteroatoms. The Morgan fingerprint density at radius 1 is 1.14 bits per heavy atom. The SMILES string of the molecule is CCC/C=C\CO[Si](C)(C)C(C)(C)C. The van der Waals surface area contributed by atoms with Crippen LogP contribution in [0, 0.1) is 0 Å². The van der Waals surface area contributed by atoms with E-state index in [9.17, 15) is 0 Å². The smallest absolute Gasteiger partial charge is 0.192 e. The van der Waals surface area contributed by atoms with Crippen LogP contribution in [-0.2, 0) is 4.43 Å². The predicted octanol–water partition coefficient (Wildman–Crippen LogP) is 4.36. The highest BCUT2D eigenvalue weighted by molar-refractivity contribution is 6.74. The maximum Gasteiger partial charge on any atom is 0.192 e. The number of unbranched alkanes of at least 4 members (excludes halogenated alkanes) is 1. The molecule has 0 aromatic rings. The molecule has 0 aliphatic rings. The summed E-state index contributed by atoms with van der Waals surface area (Å²) in [6.45, 7) is 14.4. The Kier molecular flexibility index (Phi) is 5.68. The van der Waals surface area contributed by atoms with Crippen molar-refractivity contribution in [2.24, 2.45) is 0 Å². The first-order valence-corrected chi connectivity index (χ1v) is 8.51. The molecule has 0 aliphatic heterocycles. The van der Waals surface area contributed by atoms with Crippen molar-refractivity contribution in [3.05, 3.63) is 12.2 Å². The first-order chi connectivity index (χ1) is 6.31. The van der Waals surface area contributed by atoms with Gasteiger partial charge in [0.2, 0.25) is 0 Å². The molecule has 0 radical (unpaired) electrons. The minimum absolute atomic E-state index is 0.325. The second-order valence-electron chi connectivity index (χ2n) is 5.33. The van der Waals surface area contributed by atoms with Crippen molar-refractivity contribution in [2.75, 3.05) is 6.61 Å². The molecule has 14 heavy (non-hydrogen) atoms. The summed E-state index contributed by atoms with van der Waals surface area (Å²) in [5, 5.41) is 0.325. The molecule has 1 nitrogen and oxygen atoms in total. The van der Waals surface area contributed by atoms with E-state index in [1.54, 1.807) is 0 Å². The van der Waals surface area contributed by atoms with E-state index in [1.165, 1.54) is 12.8 Å². The summed E-state index contributed by atoms with van der Waals surface area (Å²) in [5.41, 5.74) is 0. The lowest BCUT2D eigenvalue weighted by atomic mass is 10.2. The van der Waals surface area contributed by atoms with Gasteiger partial charge in [0, 0.05) is 0 Å². The average Bonchev–Trinajstić information content (AvgIpc) is 2.02. The molecule has 0 spiro atoms. The van der Waals surface area contributed by atoms with Crippen LogP contribution in [0.25, 0.3) is 0 Å². The molecule has 0 fully saturated rings. The van der Waals surface area contributed by atoms with E-state index in [1.807, 2.05) is 0 Å². The fourth-order valence-corrected chi connectivity index (χ4v) is 1.77. The van der Waals surface area contributed by atoms with Crippen molar-refractivity contribution < 1.29 is 4.43 Å². The van der Waals surface area contributed by atoms with Crippen molar-refractivity contribution in [2.45, 2.75) is 58.7 Å². The summed E-state index contributed by atoms with van der Waals surface area (Å²) in [7, 11) is -1.52. The van der Waals surface area contributed by atoms with Gasteiger partial charge in [0.05, 0.1) is 6.61 Å². The Balaban J connectivity index is 3.89. The van der Waals surface area contributed by atoms with E-state index >= 15 is 0 Å². The zero-order valence-corrected chi connectivity index (χ0v) is 11.7. The van der Waals surface area contributed by atoms with E-state index in [2.05, 4.69) is 52.9 Å². The van der Waals surface area contributed by atoms with E-state index in [4.69, 9.17) is 4.43 Å². The van der Waals surface area contributed by atoms with Gasteiger partial charge in [-0.05, 0) is 24.6 Å². The zero-order chi connectivity index (χ0) is 11.2. The summed E-state index contributed by atoms with van der Waals surface area (Å²) in [5.74, 6) is 0. The van der Waals surface area contributed by atoms with E-state index < -0.39 is 8.32 Å². The Bertz CT molecular complexity index is 177. The molecule has 0 bridgehead atoms. The molecule has 0 saturated carbocycles. The molecule has 0 saturated heterocycles. The van der Waals surface area contributed by atoms with Crippen LogP contribution in [-0.4, -0.2) is 14.9 Å². The lowest BCUT2D eigenvalue weighted by Crippen LogP contribution is -2.40. The second-order valence-corrected chi connectivity index (χ2v) is 10.1. The Labute approximate surface area is 90.7 Å². The van der Waals surface area contributed by atoms with Crippen LogP contribution in [0.3, 0.4) is 0 Å². The summed E-state index contributed by atoms with van der Waals surface area (Å²) < 4.78 is 5.99. The maximum absolute atomic E-state index is 5.99. The molecule has 0 aromatic carbocycles. The quantitative estimate of drug-likeness (QED) is 0.488. The minimum atomic E-state index is -1.52. The third-order valence-corrected chi connectivity index (χ3v) is 7.47. The number of rotatable bonds is 5. The van der Waals surface area contributed by atoms with Gasteiger partial charge in [-0.3, -0.25) is 0 Å². The fraction of sp³-hybridized carbons (Fsp3) is 0.833. The second kappa shape index (κ2) is 5.71. The van der Waals surface area contributed by atoms with Crippen LogP contribution < -0.4 is 0 Å². The van der Waals surface area contributed by atoms with Gasteiger partial charge in [0.15, 0.2) is 8.32 Å². The first-order valence-electron chi connectivity index (χ1n) is 5.60. The maximum atomic E-state index is 5.99. The van der Waals surface area contributed by atoms with Gasteiger partial charge in [-0.25, -0.2) is 0 Å². The summed E-state index contributed by atoms with van der Waals surface area (Å²) >= 11 is 0. The molecule has 0 atom stereocenters. The average molecular weight is 214 g/mol. The lowest BCUT2D eigenvalue weighted by Gasteiger charge is -2.35. The zero-order valence-electron chi connectivity index (χ0n) is 10.7. The summed E-state index contributed by atoms with van der Waals surface area (Å²) in [6.07, 6.45) is 6.76. The van der Waals surface area contributed by atoms with Crippen LogP contribution in [0.1, 0.15) is 40.5 Å². The van der Waals surface area contributed by atoms with E-state index in [0.717, 1.165) is 6.61 Å². The minimum Gasteiger partial charge on any atom is -0.413 e. The van der Waals surface area contributed by atoms with Gasteiger partial charge >= 0.3 is 0 Å². The molecule has 0 amide bonds. The van der Waals surface area contributed by atoms with Crippen molar-refractivity contribution in [3.8, 4) is 0 Å². The first kappa shape index (κ1) is 13.9. The standard InChI is InChI=1S/C12H26OSi/c1-7-8-9-10-11-13-14(5,6)12(2,3)4/h9-10H,7-8,11H2,1-6H3/b10-9-. The van der Waals surface area contributed by atoms with Crippen LogP contribution in [0.2, 0.25) is 18.1 Å². The van der Waals surface area contributed by atoms with Crippen molar-refractivity contribution in [1.82, 2.24) is 0 Å². The van der Waals surface area contributed by atoms with Gasteiger partial charge in [-0.2, -0.15) is 0 Å². The van der Waals surface area contributed by atoms with Crippen LogP contribution >= 0.6 is 0 Å². The molecule has 0 rings (SSSR count). The molecular weight excluding hydrogens is 188 g/mol. The summed E-state index contributed by atoms with van der Waals surface area (Å²) in [4.78, 5) is 0. The molecule has 0 aliphatic carbocycles. The van der Waals surface area contributed by atoms with E-state index in [-0.39, 0.29) is 0 Å². The Morgan fingerprint density at radius 3 is 2.14 bits per heavy atom. The van der Waals surface area contributed by atoms with Crippen molar-refractivity contribution in [3.63, 3.8) is 0 Å². The highest BCUT2D eigenvalue weighted by Crippen LogP contribution is 2.36. The Hall–Kier alpha value is -0.0831.